The van der Waals surface area contributed by atoms with Crippen LogP contribution >= 0.6 is 0 Å². The van der Waals surface area contributed by atoms with Gasteiger partial charge < -0.3 is 9.47 Å². The molecule has 0 aliphatic rings. The SMILES string of the molecule is COC(=O)c1cc(F)cnc1-c1ccccc1OC(F)(F)F. The lowest BCUT2D eigenvalue weighted by Gasteiger charge is -2.14. The van der Waals surface area contributed by atoms with Crippen LogP contribution in [0.15, 0.2) is 36.5 Å². The molecule has 0 amide bonds. The maximum absolute atomic E-state index is 13.2. The number of carbonyl (C=O) groups is 1. The number of esters is 1. The second-order valence-corrected chi connectivity index (χ2v) is 4.09. The standard InChI is InChI=1S/C14H9F4NO3/c1-21-13(20)10-6-8(15)7-19-12(10)9-4-2-3-5-11(9)22-14(16,17)18/h2-7H,1H3. The summed E-state index contributed by atoms with van der Waals surface area (Å²) in [6.45, 7) is 0. The summed E-state index contributed by atoms with van der Waals surface area (Å²) in [7, 11) is 1.06. The number of nitrogens with zero attached hydrogens (tertiary/aromatic N) is 1. The van der Waals surface area contributed by atoms with E-state index in [-0.39, 0.29) is 16.8 Å². The lowest BCUT2D eigenvalue weighted by Crippen LogP contribution is -2.18. The van der Waals surface area contributed by atoms with Gasteiger partial charge in [-0.3, -0.25) is 4.98 Å². The molecular weight excluding hydrogens is 306 g/mol. The fourth-order valence-electron chi connectivity index (χ4n) is 1.80. The summed E-state index contributed by atoms with van der Waals surface area (Å²) < 4.78 is 58.9. The molecule has 0 aliphatic heterocycles. The highest BCUT2D eigenvalue weighted by Crippen LogP contribution is 2.34. The Morgan fingerprint density at radius 1 is 1.23 bits per heavy atom. The summed E-state index contributed by atoms with van der Waals surface area (Å²) in [5.41, 5.74) is -0.589. The zero-order valence-electron chi connectivity index (χ0n) is 11.1. The molecule has 0 atom stereocenters. The molecule has 22 heavy (non-hydrogen) atoms. The number of para-hydroxylation sites is 1. The van der Waals surface area contributed by atoms with E-state index in [4.69, 9.17) is 0 Å². The molecule has 0 fully saturated rings. The highest BCUT2D eigenvalue weighted by atomic mass is 19.4. The van der Waals surface area contributed by atoms with E-state index in [0.29, 0.717) is 0 Å². The summed E-state index contributed by atoms with van der Waals surface area (Å²) in [4.78, 5) is 15.3. The van der Waals surface area contributed by atoms with Crippen molar-refractivity contribution in [2.45, 2.75) is 6.36 Å². The van der Waals surface area contributed by atoms with Crippen molar-refractivity contribution in [1.82, 2.24) is 4.98 Å². The molecule has 4 nitrogen and oxygen atoms in total. The summed E-state index contributed by atoms with van der Waals surface area (Å²) in [5, 5.41) is 0. The van der Waals surface area contributed by atoms with E-state index in [2.05, 4.69) is 14.5 Å². The number of pyridine rings is 1. The summed E-state index contributed by atoms with van der Waals surface area (Å²) in [5.74, 6) is -2.30. The van der Waals surface area contributed by atoms with Gasteiger partial charge in [0.2, 0.25) is 0 Å². The molecule has 2 aromatic rings. The van der Waals surface area contributed by atoms with Crippen molar-refractivity contribution in [3.8, 4) is 17.0 Å². The van der Waals surface area contributed by atoms with Crippen molar-refractivity contribution in [3.05, 3.63) is 47.9 Å². The third kappa shape index (κ3) is 3.51. The third-order valence-corrected chi connectivity index (χ3v) is 2.63. The maximum Gasteiger partial charge on any atom is 0.573 e. The Kier molecular flexibility index (Phi) is 4.30. The van der Waals surface area contributed by atoms with Gasteiger partial charge in [0.25, 0.3) is 0 Å². The van der Waals surface area contributed by atoms with Crippen molar-refractivity contribution < 1.29 is 31.8 Å². The average Bonchev–Trinajstić information content (AvgIpc) is 2.45. The van der Waals surface area contributed by atoms with E-state index < -0.39 is 23.9 Å². The van der Waals surface area contributed by atoms with Gasteiger partial charge >= 0.3 is 12.3 Å². The Morgan fingerprint density at radius 3 is 2.55 bits per heavy atom. The number of aromatic nitrogens is 1. The van der Waals surface area contributed by atoms with E-state index in [9.17, 15) is 22.4 Å². The highest BCUT2D eigenvalue weighted by Gasteiger charge is 2.32. The first-order chi connectivity index (χ1) is 10.3. The van der Waals surface area contributed by atoms with Crippen LogP contribution in [-0.4, -0.2) is 24.4 Å². The van der Waals surface area contributed by atoms with Gasteiger partial charge in [-0.2, -0.15) is 0 Å². The summed E-state index contributed by atoms with van der Waals surface area (Å²) in [6.07, 6.45) is -4.13. The second-order valence-electron chi connectivity index (χ2n) is 4.09. The number of methoxy groups -OCH3 is 1. The van der Waals surface area contributed by atoms with Gasteiger partial charge in [-0.05, 0) is 18.2 Å². The number of ether oxygens (including phenoxy) is 2. The van der Waals surface area contributed by atoms with Crippen LogP contribution in [0.2, 0.25) is 0 Å². The Balaban J connectivity index is 2.60. The van der Waals surface area contributed by atoms with Crippen molar-refractivity contribution in [2.24, 2.45) is 0 Å². The van der Waals surface area contributed by atoms with Crippen molar-refractivity contribution >= 4 is 5.97 Å². The molecule has 8 heteroatoms. The van der Waals surface area contributed by atoms with Gasteiger partial charge in [0.05, 0.1) is 24.6 Å². The van der Waals surface area contributed by atoms with Crippen molar-refractivity contribution in [2.75, 3.05) is 7.11 Å². The zero-order chi connectivity index (χ0) is 16.3. The van der Waals surface area contributed by atoms with Crippen LogP contribution in [0.1, 0.15) is 10.4 Å². The number of hydrogen-bond donors (Lipinski definition) is 0. The Labute approximate surface area is 122 Å². The second kappa shape index (κ2) is 6.00. The predicted octanol–water partition coefficient (Wildman–Crippen LogP) is 3.57. The number of hydrogen-bond acceptors (Lipinski definition) is 4. The predicted molar refractivity (Wildman–Crippen MR) is 67.7 cm³/mol. The van der Waals surface area contributed by atoms with Crippen molar-refractivity contribution in [3.63, 3.8) is 0 Å². The smallest absolute Gasteiger partial charge is 0.465 e. The van der Waals surface area contributed by atoms with E-state index in [1.54, 1.807) is 0 Å². The summed E-state index contributed by atoms with van der Waals surface area (Å²) >= 11 is 0. The molecule has 0 saturated heterocycles. The minimum absolute atomic E-state index is 0.111. The van der Waals surface area contributed by atoms with Crippen LogP contribution in [0, 0.1) is 5.82 Å². The Hall–Kier alpha value is -2.64. The van der Waals surface area contributed by atoms with Gasteiger partial charge in [-0.15, -0.1) is 13.2 Å². The molecule has 0 aliphatic carbocycles. The Bertz CT molecular complexity index is 701. The van der Waals surface area contributed by atoms with Crippen LogP contribution in [0.5, 0.6) is 5.75 Å². The van der Waals surface area contributed by atoms with Gasteiger partial charge in [0.15, 0.2) is 0 Å². The molecule has 2 rings (SSSR count). The number of benzene rings is 1. The molecule has 0 spiro atoms. The number of rotatable bonds is 3. The molecular formula is C14H9F4NO3. The van der Waals surface area contributed by atoms with Crippen LogP contribution in [0.4, 0.5) is 17.6 Å². The molecule has 116 valence electrons. The quantitative estimate of drug-likeness (QED) is 0.642. The van der Waals surface area contributed by atoms with Gasteiger partial charge in [-0.25, -0.2) is 9.18 Å². The lowest BCUT2D eigenvalue weighted by atomic mass is 10.0. The fraction of sp³-hybridized carbons (Fsp3) is 0.143. The molecule has 1 aromatic heterocycles. The minimum atomic E-state index is -4.92. The van der Waals surface area contributed by atoms with E-state index in [1.807, 2.05) is 0 Å². The van der Waals surface area contributed by atoms with E-state index >= 15 is 0 Å². The number of carbonyl (C=O) groups excluding carboxylic acids is 1. The largest absolute Gasteiger partial charge is 0.573 e. The molecule has 0 saturated carbocycles. The Morgan fingerprint density at radius 2 is 1.91 bits per heavy atom. The fourth-order valence-corrected chi connectivity index (χ4v) is 1.80. The first-order valence-electron chi connectivity index (χ1n) is 5.91. The highest BCUT2D eigenvalue weighted by molar-refractivity contribution is 5.96. The number of alkyl halides is 3. The topological polar surface area (TPSA) is 48.4 Å². The number of halogens is 4. The molecule has 0 bridgehead atoms. The minimum Gasteiger partial charge on any atom is -0.465 e. The van der Waals surface area contributed by atoms with Gasteiger partial charge in [-0.1, -0.05) is 12.1 Å². The normalized spacial score (nSPS) is 11.1. The van der Waals surface area contributed by atoms with Crippen molar-refractivity contribution in [1.29, 1.82) is 0 Å². The maximum atomic E-state index is 13.2. The molecule has 0 radical (unpaired) electrons. The lowest BCUT2D eigenvalue weighted by molar-refractivity contribution is -0.274. The molecule has 0 N–H and O–H groups in total. The van der Waals surface area contributed by atoms with Gasteiger partial charge in [0.1, 0.15) is 11.6 Å². The first-order valence-corrected chi connectivity index (χ1v) is 5.91. The van der Waals surface area contributed by atoms with Crippen LogP contribution in [0.3, 0.4) is 0 Å². The summed E-state index contributed by atoms with van der Waals surface area (Å²) in [6, 6.07) is 5.93. The van der Waals surface area contributed by atoms with Crippen LogP contribution < -0.4 is 4.74 Å². The van der Waals surface area contributed by atoms with E-state index in [1.165, 1.54) is 18.2 Å². The molecule has 1 heterocycles. The van der Waals surface area contributed by atoms with Gasteiger partial charge in [0, 0.05) is 5.56 Å². The van der Waals surface area contributed by atoms with E-state index in [0.717, 1.165) is 25.4 Å². The third-order valence-electron chi connectivity index (χ3n) is 2.63. The van der Waals surface area contributed by atoms with Crippen LogP contribution in [-0.2, 0) is 4.74 Å². The molecule has 0 unspecified atom stereocenters. The average molecular weight is 315 g/mol. The zero-order valence-corrected chi connectivity index (χ0v) is 11.1. The van der Waals surface area contributed by atoms with Crippen LogP contribution in [0.25, 0.3) is 11.3 Å². The monoisotopic (exact) mass is 315 g/mol. The first kappa shape index (κ1) is 15.7. The molecule has 1 aromatic carbocycles.